The Kier molecular flexibility index (Phi) is 4.92. The molecular weight excluding hydrogens is 292 g/mol. The number of nitrogens with zero attached hydrogens (tertiary/aromatic N) is 4. The smallest absolute Gasteiger partial charge is 0.303 e. The number of azo groups is 1. The van der Waals surface area contributed by atoms with Gasteiger partial charge in [-0.25, -0.2) is 0 Å². The fourth-order valence-corrected chi connectivity index (χ4v) is 1.41. The lowest BCUT2D eigenvalue weighted by molar-refractivity contribution is -0.393. The van der Waals surface area contributed by atoms with E-state index < -0.39 is 26.7 Å². The molecule has 0 unspecified atom stereocenters. The first-order valence-corrected chi connectivity index (χ1v) is 6.43. The van der Waals surface area contributed by atoms with Gasteiger partial charge in [0.1, 0.15) is 5.54 Å². The Labute approximate surface area is 127 Å². The number of benzene rings is 1. The van der Waals surface area contributed by atoms with Gasteiger partial charge in [0.2, 0.25) is 0 Å². The van der Waals surface area contributed by atoms with Gasteiger partial charge in [-0.05, 0) is 33.8 Å². The molecule has 120 valence electrons. The van der Waals surface area contributed by atoms with E-state index in [-0.39, 0.29) is 11.4 Å². The van der Waals surface area contributed by atoms with Gasteiger partial charge in [-0.3, -0.25) is 20.2 Å². The maximum atomic E-state index is 11.0. The third-order valence-corrected chi connectivity index (χ3v) is 3.76. The van der Waals surface area contributed by atoms with E-state index in [2.05, 4.69) is 10.2 Å². The number of hydrogen-bond donors (Lipinski definition) is 0. The van der Waals surface area contributed by atoms with Gasteiger partial charge in [-0.2, -0.15) is 5.11 Å². The maximum absolute atomic E-state index is 11.0. The van der Waals surface area contributed by atoms with E-state index in [1.54, 1.807) is 13.8 Å². The molecule has 0 aliphatic carbocycles. The van der Waals surface area contributed by atoms with Crippen molar-refractivity contribution in [2.24, 2.45) is 10.2 Å². The summed E-state index contributed by atoms with van der Waals surface area (Å²) in [5, 5.41) is 29.7. The molecule has 0 aliphatic heterocycles. The molecule has 0 saturated heterocycles. The molecule has 22 heavy (non-hydrogen) atoms. The topological polar surface area (TPSA) is 120 Å². The fourth-order valence-electron chi connectivity index (χ4n) is 1.41. The van der Waals surface area contributed by atoms with Gasteiger partial charge in [0.05, 0.1) is 21.5 Å². The van der Waals surface area contributed by atoms with Crippen molar-refractivity contribution in [2.75, 3.05) is 7.11 Å². The zero-order valence-corrected chi connectivity index (χ0v) is 13.1. The number of ether oxygens (including phenoxy) is 1. The van der Waals surface area contributed by atoms with Crippen LogP contribution in [0.1, 0.15) is 27.7 Å². The summed E-state index contributed by atoms with van der Waals surface area (Å²) >= 11 is 0. The lowest BCUT2D eigenvalue weighted by atomic mass is 9.87. The summed E-state index contributed by atoms with van der Waals surface area (Å²) in [6.07, 6.45) is 0. The van der Waals surface area contributed by atoms with Gasteiger partial charge in [-0.1, -0.05) is 0 Å². The first kappa shape index (κ1) is 17.6. The minimum absolute atomic E-state index is 0.0458. The van der Waals surface area contributed by atoms with Gasteiger partial charge in [-0.15, -0.1) is 5.11 Å². The number of rotatable bonds is 6. The predicted molar refractivity (Wildman–Crippen MR) is 79.4 cm³/mol. The molecule has 9 nitrogen and oxygen atoms in total. The quantitative estimate of drug-likeness (QED) is 0.449. The fraction of sp³-hybridized carbons (Fsp3) is 0.538. The molecule has 1 aromatic carbocycles. The number of nitro groups is 2. The van der Waals surface area contributed by atoms with Crippen molar-refractivity contribution in [3.8, 4) is 0 Å². The predicted octanol–water partition coefficient (Wildman–Crippen LogP) is 3.79. The summed E-state index contributed by atoms with van der Waals surface area (Å²) in [4.78, 5) is 20.3. The number of nitro benzene ring substituents is 2. The molecular formula is C13H18N4O5. The van der Waals surface area contributed by atoms with Crippen LogP contribution in [0.5, 0.6) is 0 Å². The summed E-state index contributed by atoms with van der Waals surface area (Å²) in [6.45, 7) is 7.18. The van der Waals surface area contributed by atoms with Crippen LogP contribution < -0.4 is 0 Å². The normalized spacial score (nSPS) is 12.6. The lowest BCUT2D eigenvalue weighted by Gasteiger charge is -2.35. The van der Waals surface area contributed by atoms with Gasteiger partial charge >= 0.3 is 5.69 Å². The Balaban J connectivity index is 3.26. The zero-order valence-electron chi connectivity index (χ0n) is 13.1. The van der Waals surface area contributed by atoms with Crippen molar-refractivity contribution < 1.29 is 14.6 Å². The number of hydrogen-bond acceptors (Lipinski definition) is 7. The van der Waals surface area contributed by atoms with E-state index in [1.807, 2.05) is 13.8 Å². The van der Waals surface area contributed by atoms with Crippen LogP contribution in [0.3, 0.4) is 0 Å². The van der Waals surface area contributed by atoms with Crippen LogP contribution in [0.15, 0.2) is 28.4 Å². The summed E-state index contributed by atoms with van der Waals surface area (Å²) < 4.78 is 5.34. The highest BCUT2D eigenvalue weighted by atomic mass is 16.6. The van der Waals surface area contributed by atoms with E-state index in [9.17, 15) is 20.2 Å². The van der Waals surface area contributed by atoms with Gasteiger partial charge in [0.25, 0.3) is 5.69 Å². The Morgan fingerprint density at radius 3 is 2.14 bits per heavy atom. The second-order valence-corrected chi connectivity index (χ2v) is 5.66. The summed E-state index contributed by atoms with van der Waals surface area (Å²) in [7, 11) is 1.53. The monoisotopic (exact) mass is 310 g/mol. The van der Waals surface area contributed by atoms with E-state index in [0.717, 1.165) is 12.1 Å². The number of non-ortho nitro benzene ring substituents is 1. The van der Waals surface area contributed by atoms with Gasteiger partial charge in [0, 0.05) is 13.2 Å². The SMILES string of the molecule is COC(C)(C)C(C)(C)N=Nc1ccc([N+](=O)[O-])cc1[N+](=O)[O-]. The Morgan fingerprint density at radius 1 is 1.09 bits per heavy atom. The third-order valence-electron chi connectivity index (χ3n) is 3.76. The Bertz CT molecular complexity index is 625. The largest absolute Gasteiger partial charge is 0.376 e. The van der Waals surface area contributed by atoms with E-state index in [1.165, 1.54) is 13.2 Å². The average Bonchev–Trinajstić information content (AvgIpc) is 2.44. The van der Waals surface area contributed by atoms with Crippen molar-refractivity contribution >= 4 is 17.1 Å². The molecule has 0 radical (unpaired) electrons. The molecule has 0 atom stereocenters. The van der Waals surface area contributed by atoms with Crippen LogP contribution in [0.4, 0.5) is 17.1 Å². The van der Waals surface area contributed by atoms with Crippen LogP contribution in [-0.4, -0.2) is 28.1 Å². The molecule has 0 heterocycles. The Morgan fingerprint density at radius 2 is 1.68 bits per heavy atom. The standard InChI is InChI=1S/C13H18N4O5/c1-12(2,13(3,4)22-5)15-14-10-7-6-9(16(18)19)8-11(10)17(20)21/h6-8H,1-5H3. The number of methoxy groups -OCH3 is 1. The van der Waals surface area contributed by atoms with Crippen molar-refractivity contribution in [1.82, 2.24) is 0 Å². The molecule has 0 bridgehead atoms. The summed E-state index contributed by atoms with van der Waals surface area (Å²) in [5.74, 6) is 0. The first-order valence-electron chi connectivity index (χ1n) is 6.43. The molecule has 0 aliphatic rings. The minimum Gasteiger partial charge on any atom is -0.376 e. The molecule has 0 N–H and O–H groups in total. The van der Waals surface area contributed by atoms with Crippen LogP contribution in [0.25, 0.3) is 0 Å². The average molecular weight is 310 g/mol. The van der Waals surface area contributed by atoms with Crippen molar-refractivity contribution in [3.63, 3.8) is 0 Å². The molecule has 0 amide bonds. The second kappa shape index (κ2) is 6.14. The van der Waals surface area contributed by atoms with Crippen molar-refractivity contribution in [1.29, 1.82) is 0 Å². The molecule has 0 saturated carbocycles. The molecule has 0 fully saturated rings. The molecule has 0 spiro atoms. The van der Waals surface area contributed by atoms with Crippen molar-refractivity contribution in [2.45, 2.75) is 38.8 Å². The van der Waals surface area contributed by atoms with E-state index in [4.69, 9.17) is 4.74 Å². The molecule has 0 aromatic heterocycles. The Hall–Kier alpha value is -2.42. The highest BCUT2D eigenvalue weighted by Gasteiger charge is 2.37. The minimum atomic E-state index is -0.753. The van der Waals surface area contributed by atoms with Crippen LogP contribution in [-0.2, 0) is 4.74 Å². The maximum Gasteiger partial charge on any atom is 0.303 e. The summed E-state index contributed by atoms with van der Waals surface area (Å²) in [5.41, 5.74) is -2.29. The molecule has 9 heteroatoms. The van der Waals surface area contributed by atoms with Gasteiger partial charge < -0.3 is 4.74 Å². The highest BCUT2D eigenvalue weighted by Crippen LogP contribution is 2.34. The van der Waals surface area contributed by atoms with Crippen LogP contribution >= 0.6 is 0 Å². The second-order valence-electron chi connectivity index (χ2n) is 5.66. The third kappa shape index (κ3) is 3.61. The zero-order chi connectivity index (χ0) is 17.1. The summed E-state index contributed by atoms with van der Waals surface area (Å²) in [6, 6.07) is 3.22. The van der Waals surface area contributed by atoms with E-state index in [0.29, 0.717) is 0 Å². The van der Waals surface area contributed by atoms with Crippen LogP contribution in [0, 0.1) is 20.2 Å². The van der Waals surface area contributed by atoms with Crippen LogP contribution in [0.2, 0.25) is 0 Å². The van der Waals surface area contributed by atoms with E-state index >= 15 is 0 Å². The highest BCUT2D eigenvalue weighted by molar-refractivity contribution is 5.61. The molecule has 1 aromatic rings. The van der Waals surface area contributed by atoms with Crippen molar-refractivity contribution in [3.05, 3.63) is 38.4 Å². The first-order chi connectivity index (χ1) is 10.0. The van der Waals surface area contributed by atoms with Gasteiger partial charge in [0.15, 0.2) is 5.69 Å². The molecule has 1 rings (SSSR count). The lowest BCUT2D eigenvalue weighted by Crippen LogP contribution is -2.44.